The molecule has 1 amide bonds. The molecule has 1 saturated carbocycles. The molecule has 1 heterocycles. The van der Waals surface area contributed by atoms with Crippen molar-refractivity contribution in [2.24, 2.45) is 0 Å². The first kappa shape index (κ1) is 14.8. The molecule has 1 aliphatic carbocycles. The first-order valence-corrected chi connectivity index (χ1v) is 7.64. The Morgan fingerprint density at radius 1 is 1.45 bits per heavy atom. The summed E-state index contributed by atoms with van der Waals surface area (Å²) in [5, 5.41) is 20.2. The van der Waals surface area contributed by atoms with Crippen molar-refractivity contribution in [3.63, 3.8) is 0 Å². The summed E-state index contributed by atoms with van der Waals surface area (Å²) in [6, 6.07) is 0.356. The van der Waals surface area contributed by atoms with E-state index in [0.29, 0.717) is 30.6 Å². The summed E-state index contributed by atoms with van der Waals surface area (Å²) in [7, 11) is 0. The molecule has 1 fully saturated rings. The van der Waals surface area contributed by atoms with E-state index in [1.807, 2.05) is 11.5 Å². The van der Waals surface area contributed by atoms with Gasteiger partial charge in [0.05, 0.1) is 5.75 Å². The molecule has 0 aliphatic heterocycles. The lowest BCUT2D eigenvalue weighted by Crippen LogP contribution is -2.26. The quantitative estimate of drug-likeness (QED) is 0.685. The average Bonchev–Trinajstić information content (AvgIpc) is 3.12. The number of rotatable bonds is 8. The molecule has 0 atom stereocenters. The van der Waals surface area contributed by atoms with Crippen molar-refractivity contribution < 1.29 is 14.7 Å². The lowest BCUT2D eigenvalue weighted by Gasteiger charge is -2.09. The third-order valence-corrected chi connectivity index (χ3v) is 3.89. The number of hydrogen-bond acceptors (Lipinski definition) is 5. The summed E-state index contributed by atoms with van der Waals surface area (Å²) in [5.74, 6) is -0.153. The number of amides is 1. The number of aryl methyl sites for hydroxylation is 1. The van der Waals surface area contributed by atoms with Gasteiger partial charge in [0.15, 0.2) is 5.16 Å². The summed E-state index contributed by atoms with van der Waals surface area (Å²) < 4.78 is 1.83. The number of carbonyl (C=O) groups is 2. The van der Waals surface area contributed by atoms with E-state index < -0.39 is 5.97 Å². The van der Waals surface area contributed by atoms with Gasteiger partial charge in [-0.3, -0.25) is 9.59 Å². The van der Waals surface area contributed by atoms with Crippen molar-refractivity contribution >= 4 is 23.6 Å². The van der Waals surface area contributed by atoms with Crippen molar-refractivity contribution in [1.29, 1.82) is 0 Å². The predicted molar refractivity (Wildman–Crippen MR) is 73.5 cm³/mol. The van der Waals surface area contributed by atoms with Gasteiger partial charge in [0.25, 0.3) is 0 Å². The van der Waals surface area contributed by atoms with Crippen LogP contribution in [0, 0.1) is 0 Å². The third-order valence-electron chi connectivity index (χ3n) is 2.94. The maximum Gasteiger partial charge on any atom is 0.313 e. The van der Waals surface area contributed by atoms with Crippen LogP contribution < -0.4 is 5.32 Å². The van der Waals surface area contributed by atoms with Gasteiger partial charge >= 0.3 is 5.97 Å². The van der Waals surface area contributed by atoms with Crippen molar-refractivity contribution in [2.45, 2.75) is 50.4 Å². The second kappa shape index (κ2) is 6.74. The zero-order chi connectivity index (χ0) is 14.5. The molecular weight excluding hydrogens is 280 g/mol. The monoisotopic (exact) mass is 298 g/mol. The molecule has 0 unspecified atom stereocenters. The van der Waals surface area contributed by atoms with Crippen LogP contribution >= 0.6 is 11.8 Å². The normalized spacial score (nSPS) is 14.2. The summed E-state index contributed by atoms with van der Waals surface area (Å²) in [6.45, 7) is 2.44. The van der Waals surface area contributed by atoms with Gasteiger partial charge in [-0.15, -0.1) is 10.2 Å². The van der Waals surface area contributed by atoms with Crippen LogP contribution in [0.2, 0.25) is 0 Å². The SMILES string of the molecule is CCc1nnc(SCC(=O)O)n1CCC(=O)NC1CC1. The molecule has 1 aromatic rings. The Balaban J connectivity index is 1.94. The van der Waals surface area contributed by atoms with Crippen molar-refractivity contribution in [3.05, 3.63) is 5.82 Å². The molecule has 1 aliphatic rings. The van der Waals surface area contributed by atoms with Gasteiger partial charge in [0, 0.05) is 25.4 Å². The highest BCUT2D eigenvalue weighted by molar-refractivity contribution is 7.99. The van der Waals surface area contributed by atoms with E-state index in [9.17, 15) is 9.59 Å². The Bertz CT molecular complexity index is 499. The molecule has 0 spiro atoms. The Labute approximate surface area is 121 Å². The molecule has 0 aromatic carbocycles. The van der Waals surface area contributed by atoms with Gasteiger partial charge < -0.3 is 15.0 Å². The highest BCUT2D eigenvalue weighted by Gasteiger charge is 2.23. The molecule has 8 heteroatoms. The van der Waals surface area contributed by atoms with Crippen LogP contribution in [0.1, 0.15) is 32.0 Å². The predicted octanol–water partition coefficient (Wildman–Crippen LogP) is 0.686. The minimum absolute atomic E-state index is 0.0254. The average molecular weight is 298 g/mol. The topological polar surface area (TPSA) is 97.1 Å². The molecule has 0 radical (unpaired) electrons. The van der Waals surface area contributed by atoms with E-state index in [4.69, 9.17) is 5.11 Å². The lowest BCUT2D eigenvalue weighted by molar-refractivity contribution is -0.134. The number of carboxylic acid groups (broad SMARTS) is 1. The van der Waals surface area contributed by atoms with E-state index in [1.165, 1.54) is 0 Å². The number of carbonyl (C=O) groups excluding carboxylic acids is 1. The number of thioether (sulfide) groups is 1. The number of hydrogen-bond donors (Lipinski definition) is 2. The van der Waals surface area contributed by atoms with Crippen LogP contribution in [0.15, 0.2) is 5.16 Å². The highest BCUT2D eigenvalue weighted by atomic mass is 32.2. The van der Waals surface area contributed by atoms with E-state index in [2.05, 4.69) is 15.5 Å². The first-order chi connectivity index (χ1) is 9.60. The zero-order valence-corrected chi connectivity index (χ0v) is 12.2. The smallest absolute Gasteiger partial charge is 0.313 e. The maximum atomic E-state index is 11.7. The summed E-state index contributed by atoms with van der Waals surface area (Å²) >= 11 is 1.13. The summed E-state index contributed by atoms with van der Waals surface area (Å²) in [4.78, 5) is 22.3. The lowest BCUT2D eigenvalue weighted by atomic mass is 10.3. The van der Waals surface area contributed by atoms with E-state index >= 15 is 0 Å². The fourth-order valence-corrected chi connectivity index (χ4v) is 2.48. The summed E-state index contributed by atoms with van der Waals surface area (Å²) in [6.07, 6.45) is 3.20. The first-order valence-electron chi connectivity index (χ1n) is 6.66. The fourth-order valence-electron chi connectivity index (χ4n) is 1.78. The number of nitrogens with zero attached hydrogens (tertiary/aromatic N) is 3. The highest BCUT2D eigenvalue weighted by Crippen LogP contribution is 2.20. The van der Waals surface area contributed by atoms with E-state index in [1.54, 1.807) is 0 Å². The number of aliphatic carboxylic acids is 1. The van der Waals surface area contributed by atoms with Gasteiger partial charge in [0.1, 0.15) is 5.82 Å². The van der Waals surface area contributed by atoms with E-state index in [-0.39, 0.29) is 11.7 Å². The van der Waals surface area contributed by atoms with Gasteiger partial charge in [-0.05, 0) is 12.8 Å². The van der Waals surface area contributed by atoms with Crippen molar-refractivity contribution in [1.82, 2.24) is 20.1 Å². The number of carboxylic acids is 1. The molecule has 1 aromatic heterocycles. The number of aromatic nitrogens is 3. The standard InChI is InChI=1S/C12H18N4O3S/c1-2-9-14-15-12(20-7-11(18)19)16(9)6-5-10(17)13-8-3-4-8/h8H,2-7H2,1H3,(H,13,17)(H,18,19). The molecule has 0 bridgehead atoms. The second-order valence-corrected chi connectivity index (χ2v) is 5.62. The third kappa shape index (κ3) is 4.22. The Hall–Kier alpha value is -1.57. The minimum atomic E-state index is -0.894. The van der Waals surface area contributed by atoms with Crippen molar-refractivity contribution in [2.75, 3.05) is 5.75 Å². The van der Waals surface area contributed by atoms with E-state index in [0.717, 1.165) is 30.4 Å². The largest absolute Gasteiger partial charge is 0.481 e. The molecular formula is C12H18N4O3S. The van der Waals surface area contributed by atoms with Gasteiger partial charge in [0.2, 0.25) is 5.91 Å². The molecule has 20 heavy (non-hydrogen) atoms. The molecule has 2 N–H and O–H groups in total. The van der Waals surface area contributed by atoms with Crippen LogP contribution in [0.4, 0.5) is 0 Å². The van der Waals surface area contributed by atoms with Crippen LogP contribution in [-0.2, 0) is 22.6 Å². The Morgan fingerprint density at radius 3 is 2.80 bits per heavy atom. The Kier molecular flexibility index (Phi) is 4.99. The zero-order valence-electron chi connectivity index (χ0n) is 11.3. The van der Waals surface area contributed by atoms with Crippen LogP contribution in [0.5, 0.6) is 0 Å². The van der Waals surface area contributed by atoms with Gasteiger partial charge in [-0.2, -0.15) is 0 Å². The fraction of sp³-hybridized carbons (Fsp3) is 0.667. The van der Waals surface area contributed by atoms with Crippen LogP contribution in [-0.4, -0.2) is 43.5 Å². The second-order valence-electron chi connectivity index (χ2n) is 4.68. The molecule has 0 saturated heterocycles. The number of nitrogens with one attached hydrogen (secondary N) is 1. The van der Waals surface area contributed by atoms with Crippen LogP contribution in [0.25, 0.3) is 0 Å². The molecule has 110 valence electrons. The maximum absolute atomic E-state index is 11.7. The molecule has 7 nitrogen and oxygen atoms in total. The minimum Gasteiger partial charge on any atom is -0.481 e. The summed E-state index contributed by atoms with van der Waals surface area (Å²) in [5.41, 5.74) is 0. The van der Waals surface area contributed by atoms with Crippen LogP contribution in [0.3, 0.4) is 0 Å². The Morgan fingerprint density at radius 2 is 2.20 bits per heavy atom. The van der Waals surface area contributed by atoms with Gasteiger partial charge in [-0.1, -0.05) is 18.7 Å². The van der Waals surface area contributed by atoms with Crippen molar-refractivity contribution in [3.8, 4) is 0 Å². The van der Waals surface area contributed by atoms with Gasteiger partial charge in [-0.25, -0.2) is 0 Å². The molecule has 2 rings (SSSR count).